The zero-order valence-electron chi connectivity index (χ0n) is 12.1. The van der Waals surface area contributed by atoms with Crippen molar-refractivity contribution in [2.24, 2.45) is 0 Å². The first-order chi connectivity index (χ1) is 10.3. The number of nitrogens with zero attached hydrogens (tertiary/aromatic N) is 1. The first-order valence-corrected chi connectivity index (χ1v) is 7.64. The Balaban J connectivity index is 1.79. The Kier molecular flexibility index (Phi) is 4.51. The van der Waals surface area contributed by atoms with E-state index in [0.717, 1.165) is 31.4 Å². The van der Waals surface area contributed by atoms with E-state index in [0.29, 0.717) is 19.7 Å². The first-order valence-electron chi connectivity index (χ1n) is 7.64. The van der Waals surface area contributed by atoms with E-state index >= 15 is 0 Å². The fourth-order valence-corrected chi connectivity index (χ4v) is 3.10. The van der Waals surface area contributed by atoms with E-state index in [4.69, 9.17) is 4.74 Å². The summed E-state index contributed by atoms with van der Waals surface area (Å²) in [5, 5.41) is 3.28. The zero-order chi connectivity index (χ0) is 14.7. The van der Waals surface area contributed by atoms with Crippen molar-refractivity contribution in [3.63, 3.8) is 0 Å². The number of rotatable bonds is 2. The van der Waals surface area contributed by atoms with Gasteiger partial charge >= 0.3 is 0 Å². The van der Waals surface area contributed by atoms with Gasteiger partial charge in [0, 0.05) is 26.2 Å². The fourth-order valence-electron chi connectivity index (χ4n) is 3.10. The molecule has 2 aliphatic heterocycles. The average molecular weight is 292 g/mol. The van der Waals surface area contributed by atoms with Crippen LogP contribution in [0.2, 0.25) is 0 Å². The highest BCUT2D eigenvalue weighted by Gasteiger charge is 2.33. The summed E-state index contributed by atoms with van der Waals surface area (Å²) < 4.78 is 19.1. The number of ether oxygens (including phenoxy) is 1. The largest absolute Gasteiger partial charge is 0.368 e. The van der Waals surface area contributed by atoms with Crippen molar-refractivity contribution >= 4 is 5.91 Å². The third-order valence-corrected chi connectivity index (χ3v) is 4.22. The molecule has 2 unspecified atom stereocenters. The van der Waals surface area contributed by atoms with Crippen LogP contribution in [0.5, 0.6) is 0 Å². The lowest BCUT2D eigenvalue weighted by molar-refractivity contribution is -0.150. The van der Waals surface area contributed by atoms with Crippen molar-refractivity contribution in [3.8, 4) is 0 Å². The Labute approximate surface area is 124 Å². The van der Waals surface area contributed by atoms with Gasteiger partial charge in [-0.2, -0.15) is 0 Å². The zero-order valence-corrected chi connectivity index (χ0v) is 12.1. The van der Waals surface area contributed by atoms with Crippen LogP contribution in [0.25, 0.3) is 0 Å². The molecule has 0 aliphatic carbocycles. The van der Waals surface area contributed by atoms with Crippen molar-refractivity contribution in [3.05, 3.63) is 35.6 Å². The Morgan fingerprint density at radius 1 is 1.38 bits per heavy atom. The molecule has 1 amide bonds. The Bertz CT molecular complexity index is 503. The van der Waals surface area contributed by atoms with Gasteiger partial charge in [-0.05, 0) is 37.0 Å². The van der Waals surface area contributed by atoms with Crippen LogP contribution in [0.4, 0.5) is 4.39 Å². The molecule has 4 nitrogen and oxygen atoms in total. The van der Waals surface area contributed by atoms with Gasteiger partial charge in [0.05, 0.1) is 6.04 Å². The minimum atomic E-state index is -0.326. The highest BCUT2D eigenvalue weighted by atomic mass is 19.1. The normalized spacial score (nSPS) is 26.6. The molecule has 1 N–H and O–H groups in total. The number of hydrogen-bond donors (Lipinski definition) is 1. The van der Waals surface area contributed by atoms with E-state index in [2.05, 4.69) is 5.32 Å². The van der Waals surface area contributed by atoms with Gasteiger partial charge in [-0.25, -0.2) is 4.39 Å². The predicted molar refractivity (Wildman–Crippen MR) is 77.3 cm³/mol. The molecule has 0 radical (unpaired) electrons. The molecule has 3 rings (SSSR count). The molecule has 5 heteroatoms. The van der Waals surface area contributed by atoms with Crippen LogP contribution in [0.3, 0.4) is 0 Å². The van der Waals surface area contributed by atoms with Gasteiger partial charge < -0.3 is 15.0 Å². The molecule has 114 valence electrons. The summed E-state index contributed by atoms with van der Waals surface area (Å²) in [4.78, 5) is 14.5. The third-order valence-electron chi connectivity index (χ3n) is 4.22. The van der Waals surface area contributed by atoms with Gasteiger partial charge in [0.1, 0.15) is 11.9 Å². The smallest absolute Gasteiger partial charge is 0.252 e. The number of nitrogens with one attached hydrogen (secondary N) is 1. The number of halogens is 1. The highest BCUT2D eigenvalue weighted by molar-refractivity contribution is 5.81. The summed E-state index contributed by atoms with van der Waals surface area (Å²) in [6.07, 6.45) is 2.53. The number of amides is 1. The Morgan fingerprint density at radius 3 is 3.05 bits per heavy atom. The van der Waals surface area contributed by atoms with E-state index in [1.807, 2.05) is 11.0 Å². The summed E-state index contributed by atoms with van der Waals surface area (Å²) in [5.74, 6) is -0.218. The van der Waals surface area contributed by atoms with E-state index in [1.54, 1.807) is 6.07 Å². The molecule has 2 heterocycles. The summed E-state index contributed by atoms with van der Waals surface area (Å²) in [5.41, 5.74) is 0.839. The minimum absolute atomic E-state index is 0.0467. The number of carbonyl (C=O) groups excluding carboxylic acids is 1. The van der Waals surface area contributed by atoms with Crippen LogP contribution >= 0.6 is 0 Å². The van der Waals surface area contributed by atoms with E-state index in [-0.39, 0.29) is 23.9 Å². The molecule has 2 fully saturated rings. The molecule has 0 aromatic heterocycles. The minimum Gasteiger partial charge on any atom is -0.368 e. The standard InChI is InChI=1S/C16H21FN2O2/c17-13-5-3-4-12(10-13)14-11-18-7-8-19(14)16(20)15-6-1-2-9-21-15/h3-5,10,14-15,18H,1-2,6-9,11H2. The van der Waals surface area contributed by atoms with Crippen LogP contribution in [0, 0.1) is 5.82 Å². The van der Waals surface area contributed by atoms with Crippen LogP contribution < -0.4 is 5.32 Å². The number of benzene rings is 1. The number of carbonyl (C=O) groups is 1. The maximum absolute atomic E-state index is 13.5. The monoisotopic (exact) mass is 292 g/mol. The lowest BCUT2D eigenvalue weighted by Crippen LogP contribution is -2.52. The van der Waals surface area contributed by atoms with Crippen LogP contribution in [-0.2, 0) is 9.53 Å². The molecule has 1 aromatic carbocycles. The second-order valence-electron chi connectivity index (χ2n) is 5.66. The molecule has 21 heavy (non-hydrogen) atoms. The molecule has 0 bridgehead atoms. The van der Waals surface area contributed by atoms with E-state index in [1.165, 1.54) is 12.1 Å². The fraction of sp³-hybridized carbons (Fsp3) is 0.562. The highest BCUT2D eigenvalue weighted by Crippen LogP contribution is 2.26. The molecule has 0 saturated carbocycles. The maximum Gasteiger partial charge on any atom is 0.252 e. The first kappa shape index (κ1) is 14.5. The molecular formula is C16H21FN2O2. The SMILES string of the molecule is O=C(C1CCCCO1)N1CCNCC1c1cccc(F)c1. The van der Waals surface area contributed by atoms with Crippen molar-refractivity contribution in [2.75, 3.05) is 26.2 Å². The van der Waals surface area contributed by atoms with E-state index < -0.39 is 0 Å². The second kappa shape index (κ2) is 6.54. The Morgan fingerprint density at radius 2 is 2.29 bits per heavy atom. The summed E-state index contributed by atoms with van der Waals surface area (Å²) in [6.45, 7) is 2.72. The van der Waals surface area contributed by atoms with Gasteiger partial charge in [0.25, 0.3) is 5.91 Å². The van der Waals surface area contributed by atoms with Crippen LogP contribution in [0.1, 0.15) is 30.9 Å². The summed E-state index contributed by atoms with van der Waals surface area (Å²) in [7, 11) is 0. The predicted octanol–water partition coefficient (Wildman–Crippen LogP) is 1.87. The van der Waals surface area contributed by atoms with Gasteiger partial charge in [0.15, 0.2) is 0 Å². The molecule has 2 aliphatic rings. The van der Waals surface area contributed by atoms with Crippen LogP contribution in [-0.4, -0.2) is 43.2 Å². The lowest BCUT2D eigenvalue weighted by atomic mass is 10.0. The third kappa shape index (κ3) is 3.24. The van der Waals surface area contributed by atoms with Crippen molar-refractivity contribution in [2.45, 2.75) is 31.4 Å². The summed E-state index contributed by atoms with van der Waals surface area (Å²) in [6, 6.07) is 6.39. The van der Waals surface area contributed by atoms with Crippen LogP contribution in [0.15, 0.2) is 24.3 Å². The van der Waals surface area contributed by atoms with Crippen molar-refractivity contribution < 1.29 is 13.9 Å². The van der Waals surface area contributed by atoms with E-state index in [9.17, 15) is 9.18 Å². The molecule has 2 atom stereocenters. The van der Waals surface area contributed by atoms with Crippen molar-refractivity contribution in [1.29, 1.82) is 0 Å². The molecule has 2 saturated heterocycles. The van der Waals surface area contributed by atoms with Gasteiger partial charge in [-0.3, -0.25) is 4.79 Å². The average Bonchev–Trinajstić information content (AvgIpc) is 2.55. The topological polar surface area (TPSA) is 41.6 Å². The quantitative estimate of drug-likeness (QED) is 0.905. The summed E-state index contributed by atoms with van der Waals surface area (Å²) >= 11 is 0. The second-order valence-corrected chi connectivity index (χ2v) is 5.66. The molecule has 0 spiro atoms. The van der Waals surface area contributed by atoms with Gasteiger partial charge in [0.2, 0.25) is 0 Å². The Hall–Kier alpha value is -1.46. The van der Waals surface area contributed by atoms with Crippen molar-refractivity contribution in [1.82, 2.24) is 10.2 Å². The van der Waals surface area contributed by atoms with Gasteiger partial charge in [-0.1, -0.05) is 12.1 Å². The molecule has 1 aromatic rings. The van der Waals surface area contributed by atoms with Gasteiger partial charge in [-0.15, -0.1) is 0 Å². The number of hydrogen-bond acceptors (Lipinski definition) is 3. The maximum atomic E-state index is 13.5. The lowest BCUT2D eigenvalue weighted by Gasteiger charge is -2.39. The number of piperazine rings is 1. The molecular weight excluding hydrogens is 271 g/mol.